The molecule has 2 aromatic carbocycles. The molecule has 0 radical (unpaired) electrons. The summed E-state index contributed by atoms with van der Waals surface area (Å²) in [6.45, 7) is -1.28. The Morgan fingerprint density at radius 1 is 1.11 bits per heavy atom. The molecular formula is C20H20F2N2O4. The Balaban J connectivity index is 1.78. The maximum absolute atomic E-state index is 13.5. The number of carbonyl (C=O) groups is 1. The first-order valence-electron chi connectivity index (χ1n) is 8.60. The molecule has 0 aliphatic carbocycles. The van der Waals surface area contributed by atoms with Gasteiger partial charge < -0.3 is 14.2 Å². The van der Waals surface area contributed by atoms with Crippen LogP contribution >= 0.6 is 0 Å². The second kappa shape index (κ2) is 8.24. The molecule has 0 saturated heterocycles. The third-order valence-electron chi connectivity index (χ3n) is 4.29. The predicted octanol–water partition coefficient (Wildman–Crippen LogP) is 4.30. The molecule has 1 heterocycles. The minimum absolute atomic E-state index is 0.00291. The smallest absolute Gasteiger partial charge is 0.320 e. The zero-order valence-electron chi connectivity index (χ0n) is 15.7. The number of alkyl halides is 2. The number of benzene rings is 2. The molecule has 28 heavy (non-hydrogen) atoms. The van der Waals surface area contributed by atoms with E-state index in [1.165, 1.54) is 21.1 Å². The average Bonchev–Trinajstić information content (AvgIpc) is 3.07. The largest absolute Gasteiger partial charge is 0.493 e. The molecule has 148 valence electrons. The lowest BCUT2D eigenvalue weighted by Gasteiger charge is -2.15. The molecular weight excluding hydrogens is 370 g/mol. The van der Waals surface area contributed by atoms with Crippen molar-refractivity contribution in [2.24, 2.45) is 0 Å². The first-order valence-corrected chi connectivity index (χ1v) is 8.60. The summed E-state index contributed by atoms with van der Waals surface area (Å²) >= 11 is 0. The van der Waals surface area contributed by atoms with Crippen molar-refractivity contribution in [1.82, 2.24) is 9.55 Å². The van der Waals surface area contributed by atoms with Crippen molar-refractivity contribution in [3.63, 3.8) is 0 Å². The fraction of sp³-hybridized carbons (Fsp3) is 0.300. The van der Waals surface area contributed by atoms with Gasteiger partial charge in [0, 0.05) is 0 Å². The first-order chi connectivity index (χ1) is 13.4. The van der Waals surface area contributed by atoms with Gasteiger partial charge in [-0.3, -0.25) is 9.36 Å². The number of nitrogens with zero attached hydrogens (tertiary/aromatic N) is 2. The van der Waals surface area contributed by atoms with E-state index in [9.17, 15) is 13.6 Å². The summed E-state index contributed by atoms with van der Waals surface area (Å²) in [6, 6.07) is 11.6. The van der Waals surface area contributed by atoms with E-state index in [2.05, 4.69) is 4.98 Å². The number of esters is 1. The summed E-state index contributed by atoms with van der Waals surface area (Å²) in [7, 11) is 3.01. The number of rotatable bonds is 7. The molecule has 0 spiro atoms. The van der Waals surface area contributed by atoms with Gasteiger partial charge in [0.15, 0.2) is 23.4 Å². The lowest BCUT2D eigenvalue weighted by molar-refractivity contribution is -0.148. The quantitative estimate of drug-likeness (QED) is 0.563. The van der Waals surface area contributed by atoms with Crippen LogP contribution in [0.25, 0.3) is 11.0 Å². The van der Waals surface area contributed by atoms with Gasteiger partial charge in [-0.25, -0.2) is 4.98 Å². The fourth-order valence-corrected chi connectivity index (χ4v) is 3.00. The molecule has 3 aromatic rings. The van der Waals surface area contributed by atoms with E-state index in [4.69, 9.17) is 14.2 Å². The van der Waals surface area contributed by atoms with Crippen molar-refractivity contribution in [3.05, 3.63) is 53.9 Å². The Morgan fingerprint density at radius 2 is 1.82 bits per heavy atom. The minimum atomic E-state index is -2.80. The maximum atomic E-state index is 13.5. The van der Waals surface area contributed by atoms with E-state index < -0.39 is 18.6 Å². The van der Waals surface area contributed by atoms with Gasteiger partial charge >= 0.3 is 12.5 Å². The van der Waals surface area contributed by atoms with E-state index in [1.807, 2.05) is 0 Å². The van der Waals surface area contributed by atoms with Crippen LogP contribution in [0.1, 0.15) is 31.0 Å². The average molecular weight is 390 g/mol. The van der Waals surface area contributed by atoms with Gasteiger partial charge in [-0.15, -0.1) is 0 Å². The molecule has 0 aliphatic rings. The van der Waals surface area contributed by atoms with Crippen LogP contribution < -0.4 is 9.47 Å². The van der Waals surface area contributed by atoms with E-state index in [-0.39, 0.29) is 17.8 Å². The molecule has 0 saturated carbocycles. The zero-order valence-corrected chi connectivity index (χ0v) is 15.7. The molecule has 1 aromatic heterocycles. The lowest BCUT2D eigenvalue weighted by atomic mass is 10.1. The van der Waals surface area contributed by atoms with Gasteiger partial charge in [-0.2, -0.15) is 8.78 Å². The number of carbonyl (C=O) groups excluding carboxylic acids is 1. The number of fused-ring (bicyclic) bond motifs is 1. The Bertz CT molecular complexity index is 987. The summed E-state index contributed by atoms with van der Waals surface area (Å²) < 4.78 is 43.6. The van der Waals surface area contributed by atoms with Crippen molar-refractivity contribution in [3.8, 4) is 11.5 Å². The minimum Gasteiger partial charge on any atom is -0.493 e. The number of ether oxygens (including phenoxy) is 3. The molecule has 3 rings (SSSR count). The third-order valence-corrected chi connectivity index (χ3v) is 4.29. The summed E-state index contributed by atoms with van der Waals surface area (Å²) in [6.07, 6.45) is -0.978. The molecule has 8 heteroatoms. The van der Waals surface area contributed by atoms with E-state index in [1.54, 1.807) is 42.5 Å². The Kier molecular flexibility index (Phi) is 5.77. The molecule has 0 N–H and O–H groups in total. The highest BCUT2D eigenvalue weighted by Crippen LogP contribution is 2.30. The Hall–Kier alpha value is -3.16. The van der Waals surface area contributed by atoms with Gasteiger partial charge in [-0.05, 0) is 36.8 Å². The SMILES string of the molecule is COc1ccc(CC(=O)OC(C)c2nc3ccccc3n2C(F)F)cc1OC. The van der Waals surface area contributed by atoms with Crippen molar-refractivity contribution >= 4 is 17.0 Å². The second-order valence-corrected chi connectivity index (χ2v) is 6.10. The van der Waals surface area contributed by atoms with Gasteiger partial charge in [0.05, 0.1) is 31.7 Å². The maximum Gasteiger partial charge on any atom is 0.320 e. The predicted molar refractivity (Wildman–Crippen MR) is 98.7 cm³/mol. The van der Waals surface area contributed by atoms with Crippen molar-refractivity contribution in [2.75, 3.05) is 14.2 Å². The lowest BCUT2D eigenvalue weighted by Crippen LogP contribution is -2.16. The van der Waals surface area contributed by atoms with Gasteiger partial charge in [0.2, 0.25) is 0 Å². The Labute approximate surface area is 160 Å². The number of hydrogen-bond acceptors (Lipinski definition) is 5. The van der Waals surface area contributed by atoms with Crippen molar-refractivity contribution in [1.29, 1.82) is 0 Å². The van der Waals surface area contributed by atoms with E-state index in [0.29, 0.717) is 22.6 Å². The van der Waals surface area contributed by atoms with Gasteiger partial charge in [-0.1, -0.05) is 18.2 Å². The highest BCUT2D eigenvalue weighted by atomic mass is 19.3. The number of methoxy groups -OCH3 is 2. The molecule has 0 fully saturated rings. The molecule has 1 atom stereocenters. The number of imidazole rings is 1. The van der Waals surface area contributed by atoms with Gasteiger partial charge in [0.25, 0.3) is 0 Å². The summed E-state index contributed by atoms with van der Waals surface area (Å²) in [5.74, 6) is 0.462. The monoisotopic (exact) mass is 390 g/mol. The standard InChI is InChI=1S/C20H20F2N2O4/c1-12(19-23-14-6-4-5-7-15(14)24(19)20(21)22)28-18(25)11-13-8-9-16(26-2)17(10-13)27-3/h4-10,12,20H,11H2,1-3H3. The molecule has 1 unspecified atom stereocenters. The van der Waals surface area contributed by atoms with Crippen LogP contribution in [0.15, 0.2) is 42.5 Å². The van der Waals surface area contributed by atoms with Crippen LogP contribution in [0.5, 0.6) is 11.5 Å². The van der Waals surface area contributed by atoms with E-state index >= 15 is 0 Å². The molecule has 0 bridgehead atoms. The van der Waals surface area contributed by atoms with Crippen LogP contribution in [-0.2, 0) is 16.0 Å². The highest BCUT2D eigenvalue weighted by molar-refractivity contribution is 5.76. The first kappa shape index (κ1) is 19.6. The normalized spacial score (nSPS) is 12.2. The van der Waals surface area contributed by atoms with Crippen molar-refractivity contribution < 1.29 is 27.8 Å². The number of aromatic nitrogens is 2. The van der Waals surface area contributed by atoms with Crippen LogP contribution in [0.4, 0.5) is 8.78 Å². The highest BCUT2D eigenvalue weighted by Gasteiger charge is 2.24. The summed E-state index contributed by atoms with van der Waals surface area (Å²) in [5.41, 5.74) is 1.35. The van der Waals surface area contributed by atoms with Gasteiger partial charge in [0.1, 0.15) is 0 Å². The van der Waals surface area contributed by atoms with Crippen molar-refractivity contribution in [2.45, 2.75) is 26.0 Å². The Morgan fingerprint density at radius 3 is 2.50 bits per heavy atom. The summed E-state index contributed by atoms with van der Waals surface area (Å²) in [4.78, 5) is 16.5. The van der Waals surface area contributed by atoms with Crippen LogP contribution in [0.2, 0.25) is 0 Å². The topological polar surface area (TPSA) is 62.6 Å². The number of para-hydroxylation sites is 2. The number of hydrogen-bond donors (Lipinski definition) is 0. The fourth-order valence-electron chi connectivity index (χ4n) is 3.00. The zero-order chi connectivity index (χ0) is 20.3. The van der Waals surface area contributed by atoms with Crippen LogP contribution in [-0.4, -0.2) is 29.7 Å². The summed E-state index contributed by atoms with van der Waals surface area (Å²) in [5, 5.41) is 0. The van der Waals surface area contributed by atoms with E-state index in [0.717, 1.165) is 4.57 Å². The number of halogens is 2. The van der Waals surface area contributed by atoms with Crippen LogP contribution in [0.3, 0.4) is 0 Å². The van der Waals surface area contributed by atoms with Crippen LogP contribution in [0, 0.1) is 0 Å². The molecule has 0 amide bonds. The molecule has 0 aliphatic heterocycles. The molecule has 6 nitrogen and oxygen atoms in total. The third kappa shape index (κ3) is 3.90. The second-order valence-electron chi connectivity index (χ2n) is 6.10.